The number of benzene rings is 2. The van der Waals surface area contributed by atoms with Crippen molar-refractivity contribution < 1.29 is 18.4 Å². The van der Waals surface area contributed by atoms with Crippen molar-refractivity contribution >= 4 is 23.3 Å². The van der Waals surface area contributed by atoms with Gasteiger partial charge >= 0.3 is 0 Å². The van der Waals surface area contributed by atoms with Gasteiger partial charge in [-0.05, 0) is 79.8 Å². The highest BCUT2D eigenvalue weighted by Crippen LogP contribution is 2.32. The molecule has 7 nitrogen and oxygen atoms in total. The van der Waals surface area contributed by atoms with Crippen molar-refractivity contribution in [3.05, 3.63) is 83.6 Å². The number of rotatable bonds is 5. The second-order valence-corrected chi connectivity index (χ2v) is 9.23. The van der Waals surface area contributed by atoms with Gasteiger partial charge in [0.1, 0.15) is 11.6 Å². The van der Waals surface area contributed by atoms with Gasteiger partial charge < -0.3 is 10.2 Å². The van der Waals surface area contributed by atoms with E-state index in [0.717, 1.165) is 42.4 Å². The van der Waals surface area contributed by atoms with Gasteiger partial charge in [-0.2, -0.15) is 5.10 Å². The molecule has 2 amide bonds. The van der Waals surface area contributed by atoms with Gasteiger partial charge in [0, 0.05) is 25.8 Å². The minimum absolute atomic E-state index is 0.00958. The van der Waals surface area contributed by atoms with Crippen LogP contribution in [0, 0.1) is 17.6 Å². The van der Waals surface area contributed by atoms with Gasteiger partial charge in [0.2, 0.25) is 5.91 Å². The molecule has 0 aliphatic carbocycles. The van der Waals surface area contributed by atoms with Crippen molar-refractivity contribution in [1.29, 1.82) is 0 Å². The quantitative estimate of drug-likeness (QED) is 0.583. The first-order valence-electron chi connectivity index (χ1n) is 12.2. The zero-order chi connectivity index (χ0) is 25.1. The predicted octanol–water partition coefficient (Wildman–Crippen LogP) is 4.05. The summed E-state index contributed by atoms with van der Waals surface area (Å²) < 4.78 is 27.6. The molecular weight excluding hydrogens is 464 g/mol. The fourth-order valence-corrected chi connectivity index (χ4v) is 4.98. The highest BCUT2D eigenvalue weighted by atomic mass is 19.1. The lowest BCUT2D eigenvalue weighted by Gasteiger charge is -2.32. The number of nitrogens with one attached hydrogen (secondary N) is 1. The highest BCUT2D eigenvalue weighted by Gasteiger charge is 2.31. The number of aromatic nitrogens is 2. The molecule has 3 heterocycles. The molecule has 2 aliphatic heterocycles. The Morgan fingerprint density at radius 2 is 1.78 bits per heavy atom. The molecule has 0 unspecified atom stereocenters. The molecule has 1 N–H and O–H groups in total. The van der Waals surface area contributed by atoms with Crippen molar-refractivity contribution in [2.24, 2.45) is 5.92 Å². The van der Waals surface area contributed by atoms with Crippen LogP contribution in [-0.2, 0) is 4.79 Å². The number of amides is 2. The third kappa shape index (κ3) is 4.97. The monoisotopic (exact) mass is 491 g/mol. The van der Waals surface area contributed by atoms with E-state index >= 15 is 0 Å². The van der Waals surface area contributed by atoms with Gasteiger partial charge in [-0.3, -0.25) is 14.5 Å². The van der Waals surface area contributed by atoms with Crippen LogP contribution >= 0.6 is 0 Å². The molecule has 36 heavy (non-hydrogen) atoms. The average Bonchev–Trinajstić information content (AvgIpc) is 3.46. The van der Waals surface area contributed by atoms with E-state index in [1.54, 1.807) is 28.1 Å². The van der Waals surface area contributed by atoms with E-state index < -0.39 is 17.5 Å². The second kappa shape index (κ2) is 10.5. The summed E-state index contributed by atoms with van der Waals surface area (Å²) in [4.78, 5) is 29.2. The fourth-order valence-electron chi connectivity index (χ4n) is 4.98. The summed E-state index contributed by atoms with van der Waals surface area (Å²) >= 11 is 0. The maximum atomic E-state index is 14.0. The number of likely N-dealkylation sites (tertiary alicyclic amines) is 1. The number of anilines is 2. The summed E-state index contributed by atoms with van der Waals surface area (Å²) in [7, 11) is 0. The summed E-state index contributed by atoms with van der Waals surface area (Å²) in [6.45, 7) is 2.38. The van der Waals surface area contributed by atoms with Crippen LogP contribution in [0.5, 0.6) is 0 Å². The van der Waals surface area contributed by atoms with E-state index in [0.29, 0.717) is 38.3 Å². The standard InChI is InChI=1S/C27H27F2N5O2/c28-21-5-8-24(29)23(16-21)27(36)33-14-10-19(11-15-33)18-3-6-22(7-4-18)34(25-2-1-12-31-32-25)26(35)20-9-13-30-17-20/h1-8,12,16,19-20,30H,9-11,13-15,17H2/t20-/m0/s1. The lowest BCUT2D eigenvalue weighted by molar-refractivity contribution is -0.121. The minimum Gasteiger partial charge on any atom is -0.339 e. The first-order valence-corrected chi connectivity index (χ1v) is 12.2. The van der Waals surface area contributed by atoms with Crippen molar-refractivity contribution in [3.8, 4) is 0 Å². The van der Waals surface area contributed by atoms with E-state index in [9.17, 15) is 18.4 Å². The molecule has 1 aromatic heterocycles. The molecule has 3 aromatic rings. The zero-order valence-corrected chi connectivity index (χ0v) is 19.7. The van der Waals surface area contributed by atoms with Crippen molar-refractivity contribution in [3.63, 3.8) is 0 Å². The molecule has 0 radical (unpaired) electrons. The van der Waals surface area contributed by atoms with Crippen LogP contribution in [0.2, 0.25) is 0 Å². The van der Waals surface area contributed by atoms with E-state index in [1.165, 1.54) is 0 Å². The normalized spacial score (nSPS) is 18.3. The number of hydrogen-bond donors (Lipinski definition) is 1. The molecule has 1 atom stereocenters. The summed E-state index contributed by atoms with van der Waals surface area (Å²) in [5, 5.41) is 11.4. The summed E-state index contributed by atoms with van der Waals surface area (Å²) in [6.07, 6.45) is 3.78. The van der Waals surface area contributed by atoms with Gasteiger partial charge in [-0.15, -0.1) is 5.10 Å². The molecule has 0 bridgehead atoms. The Kier molecular flexibility index (Phi) is 6.99. The van der Waals surface area contributed by atoms with Crippen LogP contribution in [-0.4, -0.2) is 53.1 Å². The van der Waals surface area contributed by atoms with E-state index in [1.807, 2.05) is 24.3 Å². The Bertz CT molecular complexity index is 1220. The maximum absolute atomic E-state index is 14.0. The topological polar surface area (TPSA) is 78.4 Å². The van der Waals surface area contributed by atoms with Crippen molar-refractivity contribution in [1.82, 2.24) is 20.4 Å². The first kappa shape index (κ1) is 24.0. The van der Waals surface area contributed by atoms with Crippen LogP contribution in [0.4, 0.5) is 20.3 Å². The van der Waals surface area contributed by atoms with Crippen molar-refractivity contribution in [2.75, 3.05) is 31.1 Å². The van der Waals surface area contributed by atoms with Gasteiger partial charge in [0.15, 0.2) is 5.82 Å². The van der Waals surface area contributed by atoms with E-state index in [2.05, 4.69) is 15.5 Å². The largest absolute Gasteiger partial charge is 0.339 e. The Morgan fingerprint density at radius 3 is 2.44 bits per heavy atom. The summed E-state index contributed by atoms with van der Waals surface area (Å²) in [6, 6.07) is 14.3. The third-order valence-electron chi connectivity index (χ3n) is 6.98. The molecule has 0 saturated carbocycles. The van der Waals surface area contributed by atoms with Gasteiger partial charge in [0.25, 0.3) is 5.91 Å². The molecule has 186 valence electrons. The third-order valence-corrected chi connectivity index (χ3v) is 6.98. The van der Waals surface area contributed by atoms with Gasteiger partial charge in [-0.1, -0.05) is 12.1 Å². The summed E-state index contributed by atoms with van der Waals surface area (Å²) in [5.41, 5.74) is 1.60. The highest BCUT2D eigenvalue weighted by molar-refractivity contribution is 6.01. The number of halogens is 2. The molecular formula is C27H27F2N5O2. The molecule has 5 rings (SSSR count). The summed E-state index contributed by atoms with van der Waals surface area (Å²) in [5.74, 6) is -1.25. The Morgan fingerprint density at radius 1 is 1.00 bits per heavy atom. The maximum Gasteiger partial charge on any atom is 0.256 e. The molecule has 2 aliphatic rings. The van der Waals surface area contributed by atoms with Crippen molar-refractivity contribution in [2.45, 2.75) is 25.2 Å². The van der Waals surface area contributed by atoms with E-state index in [-0.39, 0.29) is 23.3 Å². The number of nitrogens with zero attached hydrogens (tertiary/aromatic N) is 4. The van der Waals surface area contributed by atoms with Gasteiger partial charge in [-0.25, -0.2) is 8.78 Å². The lowest BCUT2D eigenvalue weighted by Crippen LogP contribution is -2.38. The number of carbonyl (C=O) groups is 2. The van der Waals surface area contributed by atoms with Crippen LogP contribution in [0.25, 0.3) is 0 Å². The first-order chi connectivity index (χ1) is 17.5. The minimum atomic E-state index is -0.713. The molecule has 9 heteroatoms. The molecule has 0 spiro atoms. The SMILES string of the molecule is O=C(c1cc(F)ccc1F)N1CCC(c2ccc(N(C(=O)[C@H]3CCNC3)c3cccnn3)cc2)CC1. The molecule has 2 aromatic carbocycles. The number of hydrogen-bond acceptors (Lipinski definition) is 5. The van der Waals surface area contributed by atoms with Crippen LogP contribution in [0.15, 0.2) is 60.8 Å². The number of piperidine rings is 1. The van der Waals surface area contributed by atoms with Gasteiger partial charge in [0.05, 0.1) is 17.2 Å². The van der Waals surface area contributed by atoms with E-state index in [4.69, 9.17) is 0 Å². The van der Waals surface area contributed by atoms with Crippen LogP contribution < -0.4 is 10.2 Å². The van der Waals surface area contributed by atoms with Crippen LogP contribution in [0.3, 0.4) is 0 Å². The number of carbonyl (C=O) groups excluding carboxylic acids is 2. The molecule has 2 saturated heterocycles. The zero-order valence-electron chi connectivity index (χ0n) is 19.7. The Hall–Kier alpha value is -3.72. The second-order valence-electron chi connectivity index (χ2n) is 9.23. The lowest BCUT2D eigenvalue weighted by atomic mass is 9.89. The average molecular weight is 492 g/mol. The predicted molar refractivity (Wildman–Crippen MR) is 131 cm³/mol. The fraction of sp³-hybridized carbons (Fsp3) is 0.333. The smallest absolute Gasteiger partial charge is 0.256 e. The van der Waals surface area contributed by atoms with Crippen LogP contribution in [0.1, 0.15) is 41.1 Å². The Balaban J connectivity index is 1.28. The molecule has 2 fully saturated rings. The Labute approximate surface area is 208 Å².